The lowest BCUT2D eigenvalue weighted by molar-refractivity contribution is 0.627. The van der Waals surface area contributed by atoms with Crippen LogP contribution in [0.5, 0.6) is 0 Å². The molecule has 0 aliphatic heterocycles. The highest BCUT2D eigenvalue weighted by Crippen LogP contribution is 2.50. The molecule has 0 aliphatic rings. The predicted octanol–water partition coefficient (Wildman–Crippen LogP) is 19.4. The molecule has 72 heavy (non-hydrogen) atoms. The summed E-state index contributed by atoms with van der Waals surface area (Å²) in [5, 5.41) is 5.68. The van der Waals surface area contributed by atoms with Crippen LogP contribution in [0.2, 0.25) is 0 Å². The minimum absolute atomic E-state index is 0.332. The number of nitrogens with zero attached hydrogens (tertiary/aromatic N) is 2. The molecule has 0 spiro atoms. The van der Waals surface area contributed by atoms with E-state index >= 15 is 8.78 Å². The van der Waals surface area contributed by atoms with E-state index in [0.29, 0.717) is 11.4 Å². The first-order valence-electron chi connectivity index (χ1n) is 23.9. The Hall–Kier alpha value is -9.00. The lowest BCUT2D eigenvalue weighted by Gasteiger charge is -2.31. The van der Waals surface area contributed by atoms with Gasteiger partial charge in [0.25, 0.3) is 0 Å². The van der Waals surface area contributed by atoms with E-state index in [2.05, 4.69) is 72.8 Å². The van der Waals surface area contributed by atoms with E-state index in [1.54, 1.807) is 36.4 Å². The third-order valence-corrected chi connectivity index (χ3v) is 13.8. The van der Waals surface area contributed by atoms with Crippen molar-refractivity contribution in [2.75, 3.05) is 9.80 Å². The topological polar surface area (TPSA) is 6.48 Å². The molecule has 0 saturated carbocycles. The van der Waals surface area contributed by atoms with Crippen LogP contribution in [0.4, 0.5) is 51.7 Å². The Kier molecular flexibility index (Phi) is 11.1. The number of benzene rings is 12. The Balaban J connectivity index is 1.13. The molecule has 0 unspecified atom stereocenters. The summed E-state index contributed by atoms with van der Waals surface area (Å²) in [6.45, 7) is 3.84. The van der Waals surface area contributed by atoms with Crippen LogP contribution in [0.1, 0.15) is 11.1 Å². The molecule has 0 N–H and O–H groups in total. The van der Waals surface area contributed by atoms with Gasteiger partial charge >= 0.3 is 0 Å². The third kappa shape index (κ3) is 7.87. The average molecular weight is 941 g/mol. The van der Waals surface area contributed by atoms with Crippen LogP contribution < -0.4 is 9.80 Å². The summed E-state index contributed by atoms with van der Waals surface area (Å²) in [4.78, 5) is 4.02. The molecule has 346 valence electrons. The second kappa shape index (κ2) is 18.1. The lowest BCUT2D eigenvalue weighted by Crippen LogP contribution is -2.15. The largest absolute Gasteiger partial charge is 0.307 e. The summed E-state index contributed by atoms with van der Waals surface area (Å²) in [5.41, 5.74) is 12.3. The van der Waals surface area contributed by atoms with Crippen molar-refractivity contribution < 1.29 is 17.6 Å². The zero-order valence-corrected chi connectivity index (χ0v) is 39.3. The van der Waals surface area contributed by atoms with Crippen LogP contribution in [0, 0.1) is 37.1 Å². The molecule has 0 fully saturated rings. The van der Waals surface area contributed by atoms with Crippen molar-refractivity contribution >= 4 is 66.4 Å². The van der Waals surface area contributed by atoms with Crippen LogP contribution in [0.15, 0.2) is 231 Å². The number of rotatable bonds is 10. The first kappa shape index (κ1) is 44.2. The van der Waals surface area contributed by atoms with E-state index in [1.807, 2.05) is 109 Å². The van der Waals surface area contributed by atoms with Crippen LogP contribution in [-0.2, 0) is 0 Å². The average Bonchev–Trinajstić information content (AvgIpc) is 3.41. The van der Waals surface area contributed by atoms with E-state index in [9.17, 15) is 8.78 Å². The molecular formula is C66H44F4N2. The molecule has 12 rings (SSSR count). The smallest absolute Gasteiger partial charge is 0.147 e. The maximum Gasteiger partial charge on any atom is 0.147 e. The molecule has 0 aromatic heterocycles. The van der Waals surface area contributed by atoms with Gasteiger partial charge in [0, 0.05) is 22.1 Å². The summed E-state index contributed by atoms with van der Waals surface area (Å²) < 4.78 is 62.4. The summed E-state index contributed by atoms with van der Waals surface area (Å²) in [6, 6.07) is 72.5. The fraction of sp³-hybridized carbons (Fsp3) is 0.0303. The highest BCUT2D eigenvalue weighted by atomic mass is 19.1. The molecule has 12 aromatic carbocycles. The fourth-order valence-corrected chi connectivity index (χ4v) is 10.4. The molecule has 2 nitrogen and oxygen atoms in total. The van der Waals surface area contributed by atoms with Crippen LogP contribution >= 0.6 is 0 Å². The van der Waals surface area contributed by atoms with Crippen molar-refractivity contribution in [3.05, 3.63) is 265 Å². The van der Waals surface area contributed by atoms with Crippen molar-refractivity contribution in [3.8, 4) is 44.5 Å². The minimum atomic E-state index is -0.384. The minimum Gasteiger partial charge on any atom is -0.307 e. The molecule has 0 amide bonds. The summed E-state index contributed by atoms with van der Waals surface area (Å²) in [6.07, 6.45) is 0. The zero-order chi connectivity index (χ0) is 49.0. The number of para-hydroxylation sites is 2. The Morgan fingerprint density at radius 2 is 0.639 bits per heavy atom. The zero-order valence-electron chi connectivity index (χ0n) is 39.3. The first-order valence-corrected chi connectivity index (χ1v) is 23.9. The molecule has 0 radical (unpaired) electrons. The Bertz CT molecular complexity index is 3680. The van der Waals surface area contributed by atoms with Gasteiger partial charge in [-0.25, -0.2) is 17.6 Å². The third-order valence-electron chi connectivity index (χ3n) is 13.8. The molecular weight excluding hydrogens is 897 g/mol. The molecule has 12 aromatic rings. The van der Waals surface area contributed by atoms with Gasteiger partial charge in [-0.3, -0.25) is 0 Å². The van der Waals surface area contributed by atoms with E-state index < -0.39 is 0 Å². The van der Waals surface area contributed by atoms with Gasteiger partial charge in [0.2, 0.25) is 0 Å². The normalized spacial score (nSPS) is 11.5. The van der Waals surface area contributed by atoms with Crippen LogP contribution in [0.3, 0.4) is 0 Å². The quantitative estimate of drug-likeness (QED) is 0.0996. The molecule has 0 atom stereocenters. The Morgan fingerprint density at radius 1 is 0.292 bits per heavy atom. The number of halogens is 4. The van der Waals surface area contributed by atoms with E-state index in [4.69, 9.17) is 0 Å². The van der Waals surface area contributed by atoms with Crippen molar-refractivity contribution in [2.24, 2.45) is 0 Å². The van der Waals surface area contributed by atoms with Gasteiger partial charge in [0.1, 0.15) is 23.3 Å². The number of hydrogen-bond donors (Lipinski definition) is 0. The lowest BCUT2D eigenvalue weighted by atomic mass is 9.91. The van der Waals surface area contributed by atoms with Gasteiger partial charge in [-0.1, -0.05) is 146 Å². The highest BCUT2D eigenvalue weighted by molar-refractivity contribution is 6.28. The monoisotopic (exact) mass is 940 g/mol. The Labute approximate surface area is 415 Å². The van der Waals surface area contributed by atoms with Crippen molar-refractivity contribution in [1.82, 2.24) is 0 Å². The summed E-state index contributed by atoms with van der Waals surface area (Å²) >= 11 is 0. The van der Waals surface area contributed by atoms with Gasteiger partial charge in [0.05, 0.1) is 22.7 Å². The van der Waals surface area contributed by atoms with E-state index in [1.165, 1.54) is 36.4 Å². The maximum absolute atomic E-state index is 16.8. The molecule has 0 aliphatic carbocycles. The van der Waals surface area contributed by atoms with Crippen LogP contribution in [-0.4, -0.2) is 0 Å². The highest BCUT2D eigenvalue weighted by Gasteiger charge is 2.27. The van der Waals surface area contributed by atoms with Gasteiger partial charge in [-0.2, -0.15) is 0 Å². The maximum atomic E-state index is 16.8. The van der Waals surface area contributed by atoms with E-state index in [-0.39, 0.29) is 23.3 Å². The Morgan fingerprint density at radius 3 is 1.00 bits per heavy atom. The van der Waals surface area contributed by atoms with Gasteiger partial charge in [0.15, 0.2) is 0 Å². The second-order valence-electron chi connectivity index (χ2n) is 18.4. The van der Waals surface area contributed by atoms with Crippen molar-refractivity contribution in [2.45, 2.75) is 13.8 Å². The fourth-order valence-electron chi connectivity index (χ4n) is 10.4. The van der Waals surface area contributed by atoms with Crippen molar-refractivity contribution in [3.63, 3.8) is 0 Å². The second-order valence-corrected chi connectivity index (χ2v) is 18.4. The van der Waals surface area contributed by atoms with Crippen LogP contribution in [0.25, 0.3) is 76.8 Å². The predicted molar refractivity (Wildman–Crippen MR) is 291 cm³/mol. The molecule has 0 bridgehead atoms. The van der Waals surface area contributed by atoms with Gasteiger partial charge in [-0.05, 0) is 176 Å². The number of aryl methyl sites for hydroxylation is 2. The molecule has 0 saturated heterocycles. The molecule has 6 heteroatoms. The number of hydrogen-bond acceptors (Lipinski definition) is 2. The summed E-state index contributed by atoms with van der Waals surface area (Å²) in [7, 11) is 0. The molecule has 0 heterocycles. The standard InChI is InChI=1S/C66H44F4N2/c1-41-11-9-17-59(69)65(41)71(55-37-49(43-13-5-3-6-14-43)35-51(39-55)45-19-27-53(67)28-20-45)61-33-25-47-24-32-58-62(34-26-48-23-31-57(61)63(47)64(48)58)72(66-42(2)12-10-18-60(66)70)56-38-50(44-15-7-4-8-16-44)36-52(40-56)46-21-29-54(68)30-22-46/h3-40H,1-2H3. The van der Waals surface area contributed by atoms with Gasteiger partial charge < -0.3 is 9.80 Å². The SMILES string of the molecule is Cc1cccc(F)c1N(c1cc(-c2ccccc2)cc(-c2ccc(F)cc2)c1)c1ccc2ccc3c(N(c4cc(-c5ccccc5)cc(-c5ccc(F)cc5)c4)c4c(C)cccc4F)ccc4ccc1c2c43. The number of anilines is 6. The first-order chi connectivity index (χ1) is 35.2. The summed E-state index contributed by atoms with van der Waals surface area (Å²) in [5.74, 6) is -1.43. The van der Waals surface area contributed by atoms with Gasteiger partial charge in [-0.15, -0.1) is 0 Å². The van der Waals surface area contributed by atoms with Crippen molar-refractivity contribution in [1.29, 1.82) is 0 Å². The van der Waals surface area contributed by atoms with E-state index in [0.717, 1.165) is 111 Å².